The highest BCUT2D eigenvalue weighted by Gasteiger charge is 2.33. The highest BCUT2D eigenvalue weighted by atomic mass is 127. The number of nitro benzene ring substituents is 1. The van der Waals surface area contributed by atoms with Crippen LogP contribution in [0.25, 0.3) is 0 Å². The van der Waals surface area contributed by atoms with Crippen molar-refractivity contribution in [1.29, 1.82) is 0 Å². The molecule has 0 unspecified atom stereocenters. The maximum Gasteiger partial charge on any atom is 0.312 e. The van der Waals surface area contributed by atoms with Gasteiger partial charge in [0.2, 0.25) is 5.75 Å². The fourth-order valence-corrected chi connectivity index (χ4v) is 6.21. The Kier molecular flexibility index (Phi) is 7.27. The number of aromatic hydroxyl groups is 1. The number of phenols is 1. The van der Waals surface area contributed by atoms with Crippen LogP contribution in [-0.2, 0) is 12.8 Å². The molecule has 2 N–H and O–H groups in total. The van der Waals surface area contributed by atoms with E-state index in [0.717, 1.165) is 24.8 Å². The van der Waals surface area contributed by atoms with E-state index in [2.05, 4.69) is 31.1 Å². The van der Waals surface area contributed by atoms with Crippen molar-refractivity contribution in [3.63, 3.8) is 0 Å². The molecule has 0 bridgehead atoms. The van der Waals surface area contributed by atoms with E-state index in [4.69, 9.17) is 0 Å². The first-order chi connectivity index (χ1) is 16.5. The summed E-state index contributed by atoms with van der Waals surface area (Å²) in [6, 6.07) is 12.2. The average molecular weight is 603 g/mol. The first kappa shape index (κ1) is 25.3. The Balaban J connectivity index is 1.74. The smallest absolute Gasteiger partial charge is 0.312 e. The number of hydrogen-bond acceptors (Lipinski definition) is 6. The second kappa shape index (κ2) is 10.1. The summed E-state index contributed by atoms with van der Waals surface area (Å²) in [7, 11) is 0. The molecule has 1 amide bonds. The Bertz CT molecular complexity index is 1310. The number of nitrogens with one attached hydrogen (secondary N) is 1. The lowest BCUT2D eigenvalue weighted by molar-refractivity contribution is -0.386. The zero-order valence-electron chi connectivity index (χ0n) is 19.7. The third-order valence-corrected chi connectivity index (χ3v) is 8.31. The summed E-state index contributed by atoms with van der Waals surface area (Å²) in [5.74, 6) is -0.0614. The standard InChI is InChI=1S/C26H26IN3O4S/c1-26(2,3)16-9-10-18-21(13-16)35-25(22(18)24(32)29-17-7-5-4-6-8-17)28-14-15-11-19(27)23(31)20(12-15)30(33)34/h4-8,11-12,14,16,31H,9-10,13H2,1-3H3,(H,29,32)/t16-/m0/s1. The topological polar surface area (TPSA) is 105 Å². The number of thiophene rings is 1. The fraction of sp³-hybridized carbons (Fsp3) is 0.308. The van der Waals surface area contributed by atoms with Crippen molar-refractivity contribution in [1.82, 2.24) is 0 Å². The summed E-state index contributed by atoms with van der Waals surface area (Å²) < 4.78 is 0.360. The molecule has 4 rings (SSSR count). The Labute approximate surface area is 221 Å². The third kappa shape index (κ3) is 5.56. The minimum Gasteiger partial charge on any atom is -0.501 e. The summed E-state index contributed by atoms with van der Waals surface area (Å²) >= 11 is 3.37. The number of nitrogens with zero attached hydrogens (tertiary/aromatic N) is 2. The highest BCUT2D eigenvalue weighted by molar-refractivity contribution is 14.1. The molecular weight excluding hydrogens is 577 g/mol. The van der Waals surface area contributed by atoms with Crippen LogP contribution in [0.5, 0.6) is 5.75 Å². The van der Waals surface area contributed by atoms with E-state index in [1.165, 1.54) is 28.5 Å². The zero-order valence-corrected chi connectivity index (χ0v) is 22.6. The third-order valence-electron chi connectivity index (χ3n) is 6.32. The van der Waals surface area contributed by atoms with E-state index >= 15 is 0 Å². The van der Waals surface area contributed by atoms with Gasteiger partial charge in [-0.25, -0.2) is 4.99 Å². The summed E-state index contributed by atoms with van der Waals surface area (Å²) in [6.45, 7) is 6.74. The van der Waals surface area contributed by atoms with Crippen LogP contribution in [0.2, 0.25) is 0 Å². The van der Waals surface area contributed by atoms with Crippen molar-refractivity contribution in [3.8, 4) is 5.75 Å². The number of hydrogen-bond donors (Lipinski definition) is 2. The molecule has 182 valence electrons. The van der Waals surface area contributed by atoms with Gasteiger partial charge in [0.25, 0.3) is 5.91 Å². The minimum absolute atomic E-state index is 0.166. The molecule has 7 nitrogen and oxygen atoms in total. The van der Waals surface area contributed by atoms with E-state index in [1.54, 1.807) is 6.07 Å². The van der Waals surface area contributed by atoms with Crippen molar-refractivity contribution in [3.05, 3.63) is 77.7 Å². The van der Waals surface area contributed by atoms with Gasteiger partial charge in [-0.3, -0.25) is 14.9 Å². The maximum absolute atomic E-state index is 13.4. The second-order valence-electron chi connectivity index (χ2n) is 9.70. The number of nitro groups is 1. The van der Waals surface area contributed by atoms with Gasteiger partial charge >= 0.3 is 5.69 Å². The molecule has 0 aliphatic heterocycles. The Morgan fingerprint density at radius 2 is 2.00 bits per heavy atom. The number of phenolic OH excluding ortho intramolecular Hbond substituents is 1. The fourth-order valence-electron chi connectivity index (χ4n) is 4.30. The molecule has 0 spiro atoms. The van der Waals surface area contributed by atoms with Gasteiger partial charge in [0.05, 0.1) is 14.1 Å². The van der Waals surface area contributed by atoms with Gasteiger partial charge in [0.1, 0.15) is 5.00 Å². The van der Waals surface area contributed by atoms with Crippen molar-refractivity contribution < 1.29 is 14.8 Å². The Morgan fingerprint density at radius 1 is 1.29 bits per heavy atom. The summed E-state index contributed by atoms with van der Waals surface area (Å²) in [5, 5.41) is 24.9. The Morgan fingerprint density at radius 3 is 2.66 bits per heavy atom. The molecule has 1 aromatic heterocycles. The molecule has 0 fully saturated rings. The zero-order chi connectivity index (χ0) is 25.3. The Hall–Kier alpha value is -2.79. The van der Waals surface area contributed by atoms with Gasteiger partial charge < -0.3 is 10.4 Å². The van der Waals surface area contributed by atoms with Gasteiger partial charge in [-0.1, -0.05) is 39.0 Å². The molecule has 3 aromatic rings. The normalized spacial score (nSPS) is 15.7. The first-order valence-electron chi connectivity index (χ1n) is 11.3. The number of anilines is 1. The predicted molar refractivity (Wildman–Crippen MR) is 148 cm³/mol. The van der Waals surface area contributed by atoms with E-state index in [1.807, 2.05) is 52.9 Å². The van der Waals surface area contributed by atoms with Gasteiger partial charge in [-0.15, -0.1) is 11.3 Å². The number of amides is 1. The lowest BCUT2D eigenvalue weighted by Crippen LogP contribution is -2.27. The van der Waals surface area contributed by atoms with Crippen LogP contribution in [0, 0.1) is 25.0 Å². The van der Waals surface area contributed by atoms with Crippen LogP contribution in [0.3, 0.4) is 0 Å². The average Bonchev–Trinajstić information content (AvgIpc) is 3.17. The van der Waals surface area contributed by atoms with E-state index in [9.17, 15) is 20.0 Å². The number of aliphatic imine (C=N–C) groups is 1. The number of rotatable bonds is 5. The van der Waals surface area contributed by atoms with Crippen LogP contribution in [0.1, 0.15) is 53.6 Å². The van der Waals surface area contributed by atoms with Crippen molar-refractivity contribution >= 4 is 62.4 Å². The van der Waals surface area contributed by atoms with E-state index in [-0.39, 0.29) is 22.8 Å². The van der Waals surface area contributed by atoms with Crippen LogP contribution < -0.4 is 5.32 Å². The molecule has 0 radical (unpaired) electrons. The molecule has 1 aliphatic carbocycles. The number of benzene rings is 2. The lowest BCUT2D eigenvalue weighted by atomic mass is 9.72. The van der Waals surface area contributed by atoms with Gasteiger partial charge in [-0.05, 0) is 76.9 Å². The van der Waals surface area contributed by atoms with Crippen LogP contribution in [0.4, 0.5) is 16.4 Å². The van der Waals surface area contributed by atoms with Gasteiger partial charge in [0.15, 0.2) is 0 Å². The number of halogens is 1. The molecule has 1 aliphatic rings. The molecule has 2 aromatic carbocycles. The quantitative estimate of drug-likeness (QED) is 0.140. The maximum atomic E-state index is 13.4. The number of carbonyl (C=O) groups is 1. The van der Waals surface area contributed by atoms with Crippen molar-refractivity contribution in [2.24, 2.45) is 16.3 Å². The highest BCUT2D eigenvalue weighted by Crippen LogP contribution is 2.45. The van der Waals surface area contributed by atoms with Crippen LogP contribution >= 0.6 is 33.9 Å². The monoisotopic (exact) mass is 603 g/mol. The lowest BCUT2D eigenvalue weighted by Gasteiger charge is -2.33. The number of carbonyl (C=O) groups excluding carboxylic acids is 1. The van der Waals surface area contributed by atoms with Crippen LogP contribution in [-0.4, -0.2) is 22.2 Å². The summed E-state index contributed by atoms with van der Waals surface area (Å²) in [6.07, 6.45) is 4.23. The predicted octanol–water partition coefficient (Wildman–Crippen LogP) is 7.12. The molecule has 1 heterocycles. The molecule has 0 saturated heterocycles. The van der Waals surface area contributed by atoms with Crippen molar-refractivity contribution in [2.45, 2.75) is 40.0 Å². The minimum atomic E-state index is -0.621. The molecular formula is C26H26IN3O4S. The second-order valence-corrected chi connectivity index (χ2v) is 11.9. The molecule has 9 heteroatoms. The number of para-hydroxylation sites is 1. The molecule has 1 atom stereocenters. The van der Waals surface area contributed by atoms with E-state index in [0.29, 0.717) is 31.3 Å². The molecule has 0 saturated carbocycles. The molecule has 35 heavy (non-hydrogen) atoms. The van der Waals surface area contributed by atoms with Crippen molar-refractivity contribution in [2.75, 3.05) is 5.32 Å². The van der Waals surface area contributed by atoms with Gasteiger partial charge in [-0.2, -0.15) is 0 Å². The van der Waals surface area contributed by atoms with Crippen LogP contribution in [0.15, 0.2) is 47.5 Å². The first-order valence-corrected chi connectivity index (χ1v) is 13.2. The van der Waals surface area contributed by atoms with Gasteiger partial charge in [0, 0.05) is 28.4 Å². The summed E-state index contributed by atoms with van der Waals surface area (Å²) in [4.78, 5) is 29.9. The largest absolute Gasteiger partial charge is 0.501 e. The van der Waals surface area contributed by atoms with E-state index < -0.39 is 4.92 Å². The number of fused-ring (bicyclic) bond motifs is 1. The summed E-state index contributed by atoms with van der Waals surface area (Å²) in [5.41, 5.74) is 2.59. The SMILES string of the molecule is CC(C)(C)[C@H]1CCc2c(sc(N=Cc3cc(I)c(O)c([N+](=O)[O-])c3)c2C(=O)Nc2ccccc2)C1.